The fraction of sp³-hybridized carbons (Fsp3) is 0.0714. The van der Waals surface area contributed by atoms with Crippen molar-refractivity contribution in [2.45, 2.75) is 0 Å². The summed E-state index contributed by atoms with van der Waals surface area (Å²) in [5.74, 6) is -0.916. The third-order valence-electron chi connectivity index (χ3n) is 5.62. The van der Waals surface area contributed by atoms with Crippen LogP contribution in [0.4, 0.5) is 5.82 Å². The van der Waals surface area contributed by atoms with Crippen LogP contribution in [0.15, 0.2) is 84.9 Å². The van der Waals surface area contributed by atoms with Crippen LogP contribution in [-0.4, -0.2) is 35.0 Å². The Morgan fingerprint density at radius 2 is 1.61 bits per heavy atom. The minimum Gasteiger partial charge on any atom is -0.507 e. The zero-order chi connectivity index (χ0) is 25.7. The van der Waals surface area contributed by atoms with Crippen molar-refractivity contribution in [1.82, 2.24) is 4.98 Å². The molecule has 8 heteroatoms. The molecule has 0 unspecified atom stereocenters. The zero-order valence-electron chi connectivity index (χ0n) is 19.3. The number of carbonyl (C=O) groups excluding carboxylic acids is 2. The Kier molecular flexibility index (Phi) is 7.04. The van der Waals surface area contributed by atoms with Gasteiger partial charge in [0.1, 0.15) is 17.4 Å². The van der Waals surface area contributed by atoms with Crippen LogP contribution in [0.5, 0.6) is 5.75 Å². The largest absolute Gasteiger partial charge is 0.507 e. The molecule has 0 aliphatic heterocycles. The number of phenols is 1. The first-order valence-electron chi connectivity index (χ1n) is 11.1. The van der Waals surface area contributed by atoms with E-state index in [1.807, 2.05) is 0 Å². The van der Waals surface area contributed by atoms with E-state index in [1.165, 1.54) is 11.0 Å². The van der Waals surface area contributed by atoms with Gasteiger partial charge in [0.05, 0.1) is 5.69 Å². The second kappa shape index (κ2) is 10.5. The number of amides is 2. The van der Waals surface area contributed by atoms with Crippen molar-refractivity contribution in [3.63, 3.8) is 0 Å². The normalized spacial score (nSPS) is 10.4. The molecule has 0 fully saturated rings. The van der Waals surface area contributed by atoms with Crippen molar-refractivity contribution in [3.05, 3.63) is 102 Å². The monoisotopic (exact) mass is 477 g/mol. The molecule has 0 atom stereocenters. The highest BCUT2D eigenvalue weighted by Crippen LogP contribution is 2.37. The molecule has 0 bridgehead atoms. The lowest BCUT2D eigenvalue weighted by atomic mass is 9.96. The van der Waals surface area contributed by atoms with E-state index in [0.717, 1.165) is 0 Å². The average Bonchev–Trinajstić information content (AvgIpc) is 2.91. The number of rotatable bonds is 7. The molecule has 0 spiro atoms. The first-order valence-corrected chi connectivity index (χ1v) is 11.1. The Bertz CT molecular complexity index is 1480. The van der Waals surface area contributed by atoms with Gasteiger partial charge in [-0.25, -0.2) is 4.98 Å². The van der Waals surface area contributed by atoms with Gasteiger partial charge in [-0.3, -0.25) is 14.5 Å². The van der Waals surface area contributed by atoms with E-state index in [2.05, 4.69) is 11.1 Å². The van der Waals surface area contributed by atoms with Gasteiger partial charge in [0.2, 0.25) is 5.91 Å². The number of benzene rings is 3. The number of carbonyl (C=O) groups is 2. The molecule has 4 rings (SSSR count). The summed E-state index contributed by atoms with van der Waals surface area (Å²) in [5, 5.41) is 20.7. The van der Waals surface area contributed by atoms with Crippen LogP contribution in [0, 0.1) is 11.3 Å². The molecule has 4 aromatic rings. The number of phenolic OH excluding ortho intramolecular Hbond substituents is 1. The van der Waals surface area contributed by atoms with E-state index >= 15 is 0 Å². The van der Waals surface area contributed by atoms with Crippen molar-refractivity contribution >= 4 is 17.6 Å². The molecular weight excluding hydrogens is 454 g/mol. The minimum absolute atomic E-state index is 0.0164. The third-order valence-corrected chi connectivity index (χ3v) is 5.62. The summed E-state index contributed by atoms with van der Waals surface area (Å²) in [6.45, 7) is 0.221. The van der Waals surface area contributed by atoms with Crippen molar-refractivity contribution in [3.8, 4) is 34.2 Å². The van der Waals surface area contributed by atoms with Crippen molar-refractivity contribution < 1.29 is 14.7 Å². The number of anilines is 1. The first-order chi connectivity index (χ1) is 17.4. The van der Waals surface area contributed by atoms with E-state index in [1.54, 1.807) is 78.9 Å². The lowest BCUT2D eigenvalue weighted by molar-refractivity contribution is 0.0983. The van der Waals surface area contributed by atoms with E-state index in [-0.39, 0.29) is 41.7 Å². The molecule has 1 aromatic heterocycles. The van der Waals surface area contributed by atoms with Crippen molar-refractivity contribution in [1.29, 1.82) is 5.26 Å². The van der Waals surface area contributed by atoms with Crippen LogP contribution < -0.4 is 16.4 Å². The second-order valence-electron chi connectivity index (χ2n) is 7.94. The number of primary amides is 1. The standard InChI is InChI=1S/C28H23N5O3/c29-13-14-33(28(36)18-7-2-1-3-8-18)27-23(17-30)22(19-9-6-10-20(15-19)26(31)35)16-24(32-27)21-11-4-5-12-25(21)34/h1-12,15-16,34H,13-14,29H2,(H2,31,35). The van der Waals surface area contributed by atoms with Crippen molar-refractivity contribution in [2.24, 2.45) is 11.5 Å². The summed E-state index contributed by atoms with van der Waals surface area (Å²) in [5.41, 5.74) is 13.8. The van der Waals surface area contributed by atoms with Gasteiger partial charge in [0.15, 0.2) is 5.82 Å². The molecule has 0 aliphatic carbocycles. The van der Waals surface area contributed by atoms with Crippen LogP contribution >= 0.6 is 0 Å². The average molecular weight is 478 g/mol. The Morgan fingerprint density at radius 1 is 0.917 bits per heavy atom. The number of hydrogen-bond acceptors (Lipinski definition) is 6. The van der Waals surface area contributed by atoms with E-state index in [0.29, 0.717) is 27.9 Å². The lowest BCUT2D eigenvalue weighted by Crippen LogP contribution is -2.36. The molecule has 1 heterocycles. The van der Waals surface area contributed by atoms with E-state index in [4.69, 9.17) is 11.5 Å². The fourth-order valence-corrected chi connectivity index (χ4v) is 3.90. The summed E-state index contributed by atoms with van der Waals surface area (Å²) in [6, 6.07) is 25.6. The van der Waals surface area contributed by atoms with Crippen LogP contribution in [0.25, 0.3) is 22.4 Å². The second-order valence-corrected chi connectivity index (χ2v) is 7.94. The predicted molar refractivity (Wildman–Crippen MR) is 137 cm³/mol. The zero-order valence-corrected chi connectivity index (χ0v) is 19.3. The van der Waals surface area contributed by atoms with E-state index in [9.17, 15) is 20.0 Å². The van der Waals surface area contributed by atoms with Gasteiger partial charge >= 0.3 is 0 Å². The van der Waals surface area contributed by atoms with Gasteiger partial charge in [-0.15, -0.1) is 0 Å². The summed E-state index contributed by atoms with van der Waals surface area (Å²) in [6.07, 6.45) is 0. The summed E-state index contributed by atoms with van der Waals surface area (Å²) >= 11 is 0. The molecule has 178 valence electrons. The molecule has 0 radical (unpaired) electrons. The molecule has 8 nitrogen and oxygen atoms in total. The molecule has 3 aromatic carbocycles. The molecular formula is C28H23N5O3. The molecule has 36 heavy (non-hydrogen) atoms. The maximum absolute atomic E-state index is 13.5. The van der Waals surface area contributed by atoms with E-state index < -0.39 is 5.91 Å². The summed E-state index contributed by atoms with van der Waals surface area (Å²) < 4.78 is 0. The quantitative estimate of drug-likeness (QED) is 0.370. The van der Waals surface area contributed by atoms with Gasteiger partial charge in [0, 0.05) is 35.3 Å². The highest BCUT2D eigenvalue weighted by Gasteiger charge is 2.25. The SMILES string of the molecule is N#Cc1c(-c2cccc(C(N)=O)c2)cc(-c2ccccc2O)nc1N(CCN)C(=O)c1ccccc1. The fourth-order valence-electron chi connectivity index (χ4n) is 3.90. The number of nitriles is 1. The maximum atomic E-state index is 13.5. The smallest absolute Gasteiger partial charge is 0.259 e. The van der Waals surface area contributed by atoms with Gasteiger partial charge in [0.25, 0.3) is 5.91 Å². The summed E-state index contributed by atoms with van der Waals surface area (Å²) in [7, 11) is 0. The number of aromatic nitrogens is 1. The van der Waals surface area contributed by atoms with Gasteiger partial charge in [-0.2, -0.15) is 5.26 Å². The number of pyridine rings is 1. The van der Waals surface area contributed by atoms with Gasteiger partial charge in [-0.05, 0) is 48.0 Å². The molecule has 0 aliphatic rings. The van der Waals surface area contributed by atoms with Crippen molar-refractivity contribution in [2.75, 3.05) is 18.0 Å². The first kappa shape index (κ1) is 24.1. The molecule has 2 amide bonds. The minimum atomic E-state index is -0.616. The molecule has 0 saturated heterocycles. The third kappa shape index (κ3) is 4.78. The Balaban J connectivity index is 2.02. The van der Waals surface area contributed by atoms with Crippen LogP contribution in [0.2, 0.25) is 0 Å². The van der Waals surface area contributed by atoms with Gasteiger partial charge < -0.3 is 16.6 Å². The lowest BCUT2D eigenvalue weighted by Gasteiger charge is -2.24. The number of nitrogens with zero attached hydrogens (tertiary/aromatic N) is 3. The summed E-state index contributed by atoms with van der Waals surface area (Å²) in [4.78, 5) is 31.4. The number of aromatic hydroxyl groups is 1. The van der Waals surface area contributed by atoms with Crippen LogP contribution in [0.3, 0.4) is 0 Å². The number of hydrogen-bond donors (Lipinski definition) is 3. The highest BCUT2D eigenvalue weighted by molar-refractivity contribution is 6.07. The van der Waals surface area contributed by atoms with Crippen LogP contribution in [-0.2, 0) is 0 Å². The Hall–Kier alpha value is -5.00. The van der Waals surface area contributed by atoms with Gasteiger partial charge in [-0.1, -0.05) is 42.5 Å². The maximum Gasteiger partial charge on any atom is 0.259 e. The number of para-hydroxylation sites is 1. The topological polar surface area (TPSA) is 146 Å². The predicted octanol–water partition coefficient (Wildman–Crippen LogP) is 3.70. The number of nitrogens with two attached hydrogens (primary N) is 2. The molecule has 5 N–H and O–H groups in total. The Morgan fingerprint density at radius 3 is 2.28 bits per heavy atom. The Labute approximate surface area is 208 Å². The molecule has 0 saturated carbocycles. The van der Waals surface area contributed by atoms with Crippen LogP contribution in [0.1, 0.15) is 26.3 Å². The highest BCUT2D eigenvalue weighted by atomic mass is 16.3.